The topological polar surface area (TPSA) is 86.2 Å². The Balaban J connectivity index is 1.11. The van der Waals surface area contributed by atoms with E-state index in [-0.39, 0.29) is 29.3 Å². The fourth-order valence-corrected chi connectivity index (χ4v) is 7.11. The SMILES string of the molecule is CCC(c1ccc(C(=O)c2ccc(C(C)c3ccc(C)cc3N)cc2)cc1)c1ccc(C(=O)c2ccc(C(C)c3ccc(C)cc3N)cc2)cc1. The van der Waals surface area contributed by atoms with E-state index in [9.17, 15) is 9.59 Å². The second-order valence-corrected chi connectivity index (χ2v) is 13.8. The lowest BCUT2D eigenvalue weighted by Crippen LogP contribution is -2.06. The van der Waals surface area contributed by atoms with E-state index in [0.717, 1.165) is 62.3 Å². The molecule has 0 amide bonds. The molecule has 0 aromatic heterocycles. The van der Waals surface area contributed by atoms with E-state index >= 15 is 0 Å². The number of carbonyl (C=O) groups excluding carboxylic acids is 2. The van der Waals surface area contributed by atoms with Gasteiger partial charge in [-0.3, -0.25) is 9.59 Å². The molecule has 2 unspecified atom stereocenters. The molecular formula is C47H46N2O2. The van der Waals surface area contributed by atoms with Gasteiger partial charge in [-0.2, -0.15) is 0 Å². The van der Waals surface area contributed by atoms with Crippen LogP contribution in [0.5, 0.6) is 0 Å². The molecule has 51 heavy (non-hydrogen) atoms. The molecule has 0 bridgehead atoms. The van der Waals surface area contributed by atoms with Gasteiger partial charge in [0, 0.05) is 51.4 Å². The number of anilines is 2. The van der Waals surface area contributed by atoms with Crippen LogP contribution in [0.4, 0.5) is 11.4 Å². The number of ketones is 2. The normalized spacial score (nSPS) is 13.0. The number of hydrogen-bond acceptors (Lipinski definition) is 4. The summed E-state index contributed by atoms with van der Waals surface area (Å²) in [6, 6.07) is 43.9. The zero-order chi connectivity index (χ0) is 36.2. The molecular weight excluding hydrogens is 625 g/mol. The molecule has 0 radical (unpaired) electrons. The predicted molar refractivity (Wildman–Crippen MR) is 211 cm³/mol. The van der Waals surface area contributed by atoms with Gasteiger partial charge in [-0.05, 0) is 76.9 Å². The molecule has 0 spiro atoms. The smallest absolute Gasteiger partial charge is 0.193 e. The maximum atomic E-state index is 13.4. The van der Waals surface area contributed by atoms with Crippen LogP contribution in [0.15, 0.2) is 133 Å². The Morgan fingerprint density at radius 2 is 0.765 bits per heavy atom. The van der Waals surface area contributed by atoms with Crippen LogP contribution in [-0.4, -0.2) is 11.6 Å². The second-order valence-electron chi connectivity index (χ2n) is 13.8. The fraction of sp³-hybridized carbons (Fsp3) is 0.191. The maximum absolute atomic E-state index is 13.4. The molecule has 256 valence electrons. The van der Waals surface area contributed by atoms with Crippen LogP contribution in [0.25, 0.3) is 0 Å². The van der Waals surface area contributed by atoms with Gasteiger partial charge in [0.05, 0.1) is 0 Å². The highest BCUT2D eigenvalue weighted by Gasteiger charge is 2.18. The molecule has 6 aromatic carbocycles. The van der Waals surface area contributed by atoms with Gasteiger partial charge in [-0.25, -0.2) is 0 Å². The minimum absolute atomic E-state index is 0.00622. The highest BCUT2D eigenvalue weighted by Crippen LogP contribution is 2.32. The van der Waals surface area contributed by atoms with E-state index in [4.69, 9.17) is 11.5 Å². The van der Waals surface area contributed by atoms with E-state index in [1.165, 1.54) is 0 Å². The lowest BCUT2D eigenvalue weighted by Gasteiger charge is -2.17. The van der Waals surface area contributed by atoms with Crippen molar-refractivity contribution in [3.8, 4) is 0 Å². The van der Waals surface area contributed by atoms with Crippen molar-refractivity contribution in [2.75, 3.05) is 11.5 Å². The number of rotatable bonds is 11. The van der Waals surface area contributed by atoms with Gasteiger partial charge in [0.25, 0.3) is 0 Å². The summed E-state index contributed by atoms with van der Waals surface area (Å²) in [6.45, 7) is 10.5. The largest absolute Gasteiger partial charge is 0.398 e. The first kappa shape index (κ1) is 35.1. The Labute approximate surface area is 302 Å². The summed E-state index contributed by atoms with van der Waals surface area (Å²) < 4.78 is 0. The summed E-state index contributed by atoms with van der Waals surface area (Å²) >= 11 is 0. The minimum atomic E-state index is -0.00622. The summed E-state index contributed by atoms with van der Waals surface area (Å²) in [5.41, 5.74) is 25.7. The molecule has 0 saturated carbocycles. The molecule has 0 aliphatic heterocycles. The summed E-state index contributed by atoms with van der Waals surface area (Å²) in [5.74, 6) is 0.376. The number of nitrogens with two attached hydrogens (primary N) is 2. The molecule has 4 heteroatoms. The monoisotopic (exact) mass is 670 g/mol. The molecule has 0 saturated heterocycles. The third kappa shape index (κ3) is 7.56. The van der Waals surface area contributed by atoms with E-state index in [1.54, 1.807) is 0 Å². The Morgan fingerprint density at radius 1 is 0.471 bits per heavy atom. The third-order valence-electron chi connectivity index (χ3n) is 10.3. The molecule has 2 atom stereocenters. The summed E-state index contributed by atoms with van der Waals surface area (Å²) in [7, 11) is 0. The van der Waals surface area contributed by atoms with E-state index in [0.29, 0.717) is 22.3 Å². The number of benzene rings is 6. The Bertz CT molecular complexity index is 2010. The van der Waals surface area contributed by atoms with Crippen LogP contribution in [0.2, 0.25) is 0 Å². The lowest BCUT2D eigenvalue weighted by atomic mass is 9.87. The summed E-state index contributed by atoms with van der Waals surface area (Å²) in [4.78, 5) is 26.8. The molecule has 0 heterocycles. The van der Waals surface area contributed by atoms with E-state index < -0.39 is 0 Å². The molecule has 4 N–H and O–H groups in total. The second kappa shape index (κ2) is 15.0. The standard InChI is InChI=1S/C47H46N2O2/c1-6-41(35-13-21-39(22-14-35)46(50)37-17-9-33(10-18-37)31(4)42-25-7-29(2)27-44(42)48)36-15-23-40(24-16-36)47(51)38-19-11-34(12-20-38)32(5)43-26-8-30(3)28-45(43)49/h7-28,31-32,41H,6,48-49H2,1-5H3. The molecule has 6 aromatic rings. The quantitative estimate of drug-likeness (QED) is 0.106. The third-order valence-corrected chi connectivity index (χ3v) is 10.3. The molecule has 0 aliphatic rings. The van der Waals surface area contributed by atoms with Crippen LogP contribution in [0.3, 0.4) is 0 Å². The van der Waals surface area contributed by atoms with Gasteiger partial charge in [-0.15, -0.1) is 0 Å². The van der Waals surface area contributed by atoms with Crippen LogP contribution in [0, 0.1) is 13.8 Å². The van der Waals surface area contributed by atoms with Gasteiger partial charge in [-0.1, -0.05) is 142 Å². The Kier molecular flexibility index (Phi) is 10.3. The zero-order valence-corrected chi connectivity index (χ0v) is 30.1. The van der Waals surface area contributed by atoms with Crippen molar-refractivity contribution in [3.05, 3.63) is 200 Å². The van der Waals surface area contributed by atoms with Gasteiger partial charge in [0.2, 0.25) is 0 Å². The summed E-state index contributed by atoms with van der Waals surface area (Å²) in [6.07, 6.45) is 0.886. The fourth-order valence-electron chi connectivity index (χ4n) is 7.11. The minimum Gasteiger partial charge on any atom is -0.398 e. The average Bonchev–Trinajstić information content (AvgIpc) is 3.15. The average molecular weight is 671 g/mol. The number of carbonyl (C=O) groups is 2. The van der Waals surface area contributed by atoms with Gasteiger partial charge in [0.1, 0.15) is 0 Å². The molecule has 4 nitrogen and oxygen atoms in total. The van der Waals surface area contributed by atoms with Crippen molar-refractivity contribution < 1.29 is 9.59 Å². The number of nitrogen functional groups attached to an aromatic ring is 2. The van der Waals surface area contributed by atoms with Crippen molar-refractivity contribution in [1.29, 1.82) is 0 Å². The van der Waals surface area contributed by atoms with Crippen molar-refractivity contribution in [2.45, 2.75) is 58.8 Å². The van der Waals surface area contributed by atoms with Crippen LogP contribution < -0.4 is 11.5 Å². The molecule has 0 fully saturated rings. The maximum Gasteiger partial charge on any atom is 0.193 e. The number of aryl methyl sites for hydroxylation is 2. The first-order valence-corrected chi connectivity index (χ1v) is 17.7. The van der Waals surface area contributed by atoms with Gasteiger partial charge in [0.15, 0.2) is 11.6 Å². The predicted octanol–water partition coefficient (Wildman–Crippen LogP) is 10.8. The van der Waals surface area contributed by atoms with E-state index in [2.05, 4.69) is 45.0 Å². The van der Waals surface area contributed by atoms with Crippen molar-refractivity contribution in [2.24, 2.45) is 0 Å². The van der Waals surface area contributed by atoms with Gasteiger partial charge >= 0.3 is 0 Å². The molecule has 0 aliphatic carbocycles. The van der Waals surface area contributed by atoms with Crippen molar-refractivity contribution in [1.82, 2.24) is 0 Å². The Hall–Kier alpha value is -5.74. The van der Waals surface area contributed by atoms with Crippen LogP contribution >= 0.6 is 0 Å². The van der Waals surface area contributed by atoms with Crippen molar-refractivity contribution in [3.63, 3.8) is 0 Å². The Morgan fingerprint density at radius 3 is 1.04 bits per heavy atom. The van der Waals surface area contributed by atoms with Crippen LogP contribution in [-0.2, 0) is 0 Å². The lowest BCUT2D eigenvalue weighted by molar-refractivity contribution is 0.103. The zero-order valence-electron chi connectivity index (χ0n) is 30.1. The van der Waals surface area contributed by atoms with E-state index in [1.807, 2.05) is 123 Å². The highest BCUT2D eigenvalue weighted by atomic mass is 16.1. The highest BCUT2D eigenvalue weighted by molar-refractivity contribution is 6.09. The molecule has 6 rings (SSSR count). The number of hydrogen-bond donors (Lipinski definition) is 2. The van der Waals surface area contributed by atoms with Crippen molar-refractivity contribution >= 4 is 22.9 Å². The summed E-state index contributed by atoms with van der Waals surface area (Å²) in [5, 5.41) is 0. The van der Waals surface area contributed by atoms with Crippen LogP contribution in [0.1, 0.15) is 121 Å². The first-order chi connectivity index (χ1) is 24.5. The van der Waals surface area contributed by atoms with Gasteiger partial charge < -0.3 is 11.5 Å². The first-order valence-electron chi connectivity index (χ1n) is 17.7.